The van der Waals surface area contributed by atoms with Crippen LogP contribution in [-0.2, 0) is 0 Å². The average Bonchev–Trinajstić information content (AvgIpc) is 2.85. The zero-order valence-electron chi connectivity index (χ0n) is 7.21. The Labute approximate surface area is 68.2 Å². The Morgan fingerprint density at radius 3 is 2.45 bits per heavy atom. The number of hydrogen-bond donors (Lipinski definition) is 1. The average molecular weight is 155 g/mol. The normalized spacial score (nSPS) is 27.5. The lowest BCUT2D eigenvalue weighted by Crippen LogP contribution is -2.30. The molecule has 2 nitrogen and oxygen atoms in total. The summed E-state index contributed by atoms with van der Waals surface area (Å²) >= 11 is 0. The molecule has 0 aromatic heterocycles. The van der Waals surface area contributed by atoms with E-state index in [4.69, 9.17) is 5.11 Å². The number of aliphatic hydroxyl groups excluding tert-OH is 1. The second kappa shape index (κ2) is 2.46. The van der Waals surface area contributed by atoms with Crippen LogP contribution in [0, 0.1) is 5.41 Å². The molecule has 0 bridgehead atoms. The molecule has 0 spiro atoms. The second-order valence-electron chi connectivity index (χ2n) is 4.30. The largest absolute Gasteiger partial charge is 0.396 e. The van der Waals surface area contributed by atoms with E-state index in [-0.39, 0.29) is 0 Å². The Hall–Kier alpha value is -0.0800. The van der Waals surface area contributed by atoms with Crippen LogP contribution < -0.4 is 0 Å². The van der Waals surface area contributed by atoms with Gasteiger partial charge in [0.15, 0.2) is 0 Å². The molecule has 2 aliphatic carbocycles. The van der Waals surface area contributed by atoms with Crippen molar-refractivity contribution in [2.75, 3.05) is 20.2 Å². The van der Waals surface area contributed by atoms with Gasteiger partial charge in [0.2, 0.25) is 0 Å². The van der Waals surface area contributed by atoms with Gasteiger partial charge >= 0.3 is 0 Å². The van der Waals surface area contributed by atoms with Crippen molar-refractivity contribution < 1.29 is 5.11 Å². The topological polar surface area (TPSA) is 23.5 Å². The van der Waals surface area contributed by atoms with E-state index in [0.717, 1.165) is 12.6 Å². The molecule has 0 atom stereocenters. The minimum absolute atomic E-state index is 0.317. The molecule has 0 unspecified atom stereocenters. The van der Waals surface area contributed by atoms with Gasteiger partial charge in [-0.25, -0.2) is 0 Å². The van der Waals surface area contributed by atoms with E-state index >= 15 is 0 Å². The van der Waals surface area contributed by atoms with Crippen LogP contribution in [-0.4, -0.2) is 36.2 Å². The first-order chi connectivity index (χ1) is 5.26. The van der Waals surface area contributed by atoms with Crippen LogP contribution in [0.5, 0.6) is 0 Å². The Morgan fingerprint density at radius 2 is 2.09 bits per heavy atom. The Morgan fingerprint density at radius 1 is 1.45 bits per heavy atom. The van der Waals surface area contributed by atoms with Gasteiger partial charge in [-0.15, -0.1) is 0 Å². The summed E-state index contributed by atoms with van der Waals surface area (Å²) in [6.45, 7) is 1.51. The first-order valence-electron chi connectivity index (χ1n) is 4.57. The molecule has 0 saturated heterocycles. The molecule has 0 amide bonds. The predicted molar refractivity (Wildman–Crippen MR) is 44.4 cm³/mol. The van der Waals surface area contributed by atoms with Crippen LogP contribution in [0.15, 0.2) is 0 Å². The molecule has 11 heavy (non-hydrogen) atoms. The molecule has 2 fully saturated rings. The molecule has 0 aromatic rings. The fourth-order valence-corrected chi connectivity index (χ4v) is 1.72. The third-order valence-corrected chi connectivity index (χ3v) is 3.05. The number of aliphatic hydroxyl groups is 1. The zero-order valence-corrected chi connectivity index (χ0v) is 7.21. The minimum atomic E-state index is 0.317. The van der Waals surface area contributed by atoms with Crippen LogP contribution in [0.1, 0.15) is 25.7 Å². The molecule has 64 valence electrons. The molecule has 0 aromatic carbocycles. The monoisotopic (exact) mass is 155 g/mol. The Kier molecular flexibility index (Phi) is 1.69. The molecule has 2 saturated carbocycles. The lowest BCUT2D eigenvalue weighted by Gasteiger charge is -2.21. The van der Waals surface area contributed by atoms with Crippen molar-refractivity contribution in [1.82, 2.24) is 4.90 Å². The van der Waals surface area contributed by atoms with E-state index in [1.54, 1.807) is 0 Å². The smallest absolute Gasteiger partial charge is 0.0499 e. The van der Waals surface area contributed by atoms with Gasteiger partial charge in [-0.05, 0) is 32.7 Å². The van der Waals surface area contributed by atoms with Crippen LogP contribution in [0.2, 0.25) is 0 Å². The standard InChI is InChI=1S/C9H17NO/c1-10(8-2-3-8)6-9(7-11)4-5-9/h8,11H,2-7H2,1H3. The van der Waals surface area contributed by atoms with E-state index < -0.39 is 0 Å². The third kappa shape index (κ3) is 1.57. The maximum atomic E-state index is 9.08. The third-order valence-electron chi connectivity index (χ3n) is 3.05. The van der Waals surface area contributed by atoms with Crippen molar-refractivity contribution in [2.45, 2.75) is 31.7 Å². The van der Waals surface area contributed by atoms with Gasteiger partial charge in [-0.3, -0.25) is 0 Å². The predicted octanol–water partition coefficient (Wildman–Crippen LogP) is 0.853. The Balaban J connectivity index is 1.79. The summed E-state index contributed by atoms with van der Waals surface area (Å²) in [7, 11) is 2.19. The molecule has 2 aliphatic rings. The van der Waals surface area contributed by atoms with E-state index in [1.165, 1.54) is 25.7 Å². The summed E-state index contributed by atoms with van der Waals surface area (Å²) < 4.78 is 0. The first-order valence-corrected chi connectivity index (χ1v) is 4.57. The van der Waals surface area contributed by atoms with Crippen molar-refractivity contribution in [3.05, 3.63) is 0 Å². The SMILES string of the molecule is CN(CC1(CO)CC1)C1CC1. The van der Waals surface area contributed by atoms with Gasteiger partial charge < -0.3 is 10.0 Å². The zero-order chi connectivity index (χ0) is 7.90. The van der Waals surface area contributed by atoms with Gasteiger partial charge in [-0.2, -0.15) is 0 Å². The van der Waals surface area contributed by atoms with E-state index in [9.17, 15) is 0 Å². The molecule has 0 aliphatic heterocycles. The molecule has 0 heterocycles. The van der Waals surface area contributed by atoms with Crippen molar-refractivity contribution in [1.29, 1.82) is 0 Å². The summed E-state index contributed by atoms with van der Waals surface area (Å²) in [4.78, 5) is 2.42. The van der Waals surface area contributed by atoms with Crippen LogP contribution in [0.25, 0.3) is 0 Å². The van der Waals surface area contributed by atoms with Crippen molar-refractivity contribution in [3.8, 4) is 0 Å². The molecule has 2 rings (SSSR count). The summed E-state index contributed by atoms with van der Waals surface area (Å²) in [6, 6.07) is 0.846. The van der Waals surface area contributed by atoms with Gasteiger partial charge in [0.25, 0.3) is 0 Å². The number of nitrogens with zero attached hydrogens (tertiary/aromatic N) is 1. The maximum absolute atomic E-state index is 9.08. The van der Waals surface area contributed by atoms with Gasteiger partial charge in [0.1, 0.15) is 0 Å². The van der Waals surface area contributed by atoms with Crippen LogP contribution in [0.3, 0.4) is 0 Å². The van der Waals surface area contributed by atoms with E-state index in [2.05, 4.69) is 11.9 Å². The first kappa shape index (κ1) is 7.56. The fourth-order valence-electron chi connectivity index (χ4n) is 1.72. The van der Waals surface area contributed by atoms with E-state index in [0.29, 0.717) is 12.0 Å². The van der Waals surface area contributed by atoms with Crippen molar-refractivity contribution in [2.24, 2.45) is 5.41 Å². The summed E-state index contributed by atoms with van der Waals surface area (Å²) in [5.74, 6) is 0. The van der Waals surface area contributed by atoms with Crippen molar-refractivity contribution >= 4 is 0 Å². The molecule has 2 heteroatoms. The lowest BCUT2D eigenvalue weighted by atomic mass is 10.1. The van der Waals surface area contributed by atoms with Gasteiger partial charge in [0, 0.05) is 24.6 Å². The van der Waals surface area contributed by atoms with Crippen molar-refractivity contribution in [3.63, 3.8) is 0 Å². The van der Waals surface area contributed by atoms with Crippen LogP contribution in [0.4, 0.5) is 0 Å². The lowest BCUT2D eigenvalue weighted by molar-refractivity contribution is 0.160. The summed E-state index contributed by atoms with van der Waals surface area (Å²) in [5.41, 5.74) is 0.317. The molecule has 0 radical (unpaired) electrons. The quantitative estimate of drug-likeness (QED) is 0.650. The molecular formula is C9H17NO. The highest BCUT2D eigenvalue weighted by molar-refractivity contribution is 4.97. The molecular weight excluding hydrogens is 138 g/mol. The van der Waals surface area contributed by atoms with Gasteiger partial charge in [-0.1, -0.05) is 0 Å². The fraction of sp³-hybridized carbons (Fsp3) is 1.00. The number of rotatable bonds is 4. The maximum Gasteiger partial charge on any atom is 0.0499 e. The summed E-state index contributed by atoms with van der Waals surface area (Å²) in [6.07, 6.45) is 5.22. The summed E-state index contributed by atoms with van der Waals surface area (Å²) in [5, 5.41) is 9.08. The van der Waals surface area contributed by atoms with E-state index in [1.807, 2.05) is 0 Å². The highest BCUT2D eigenvalue weighted by Gasteiger charge is 2.44. The second-order valence-corrected chi connectivity index (χ2v) is 4.30. The molecule has 1 N–H and O–H groups in total. The van der Waals surface area contributed by atoms with Crippen LogP contribution >= 0.6 is 0 Å². The number of hydrogen-bond acceptors (Lipinski definition) is 2. The highest BCUT2D eigenvalue weighted by atomic mass is 16.3. The van der Waals surface area contributed by atoms with Gasteiger partial charge in [0.05, 0.1) is 0 Å². The minimum Gasteiger partial charge on any atom is -0.396 e. The highest BCUT2D eigenvalue weighted by Crippen LogP contribution is 2.46. The Bertz CT molecular complexity index is 150.